The van der Waals surface area contributed by atoms with Crippen molar-refractivity contribution in [3.8, 4) is 0 Å². The maximum Gasteiger partial charge on any atom is 0.309 e. The highest BCUT2D eigenvalue weighted by Gasteiger charge is 2.38. The molecule has 1 aliphatic rings. The van der Waals surface area contributed by atoms with Gasteiger partial charge in [-0.05, 0) is 24.3 Å². The van der Waals surface area contributed by atoms with Crippen LogP contribution in [0, 0.1) is 11.8 Å². The first-order chi connectivity index (χ1) is 9.24. The summed E-state index contributed by atoms with van der Waals surface area (Å²) in [6.45, 7) is 4.39. The fraction of sp³-hybridized carbons (Fsp3) is 0.438. The van der Waals surface area contributed by atoms with Crippen molar-refractivity contribution < 1.29 is 14.3 Å². The van der Waals surface area contributed by atoms with Crippen molar-refractivity contribution in [2.45, 2.75) is 25.6 Å². The van der Waals surface area contributed by atoms with Gasteiger partial charge in [0.05, 0.1) is 25.7 Å². The summed E-state index contributed by atoms with van der Waals surface area (Å²) in [5, 5.41) is 0. The number of rotatable bonds is 5. The van der Waals surface area contributed by atoms with Gasteiger partial charge in [-0.15, -0.1) is 6.58 Å². The van der Waals surface area contributed by atoms with Crippen LogP contribution in [0.3, 0.4) is 0 Å². The van der Waals surface area contributed by atoms with E-state index in [1.54, 1.807) is 0 Å². The molecule has 0 N–H and O–H groups in total. The zero-order chi connectivity index (χ0) is 13.7. The third-order valence-electron chi connectivity index (χ3n) is 3.70. The molecule has 0 spiro atoms. The standard InChI is InChI=1S/C16H20O3/c1-3-13-9-14(10-15(13)16(17)18-2)19-11-12-7-5-4-6-8-12/h3-8,13-15H,1,9-11H2,2H3/t13-,14-,15+/m0/s1. The molecule has 0 saturated heterocycles. The lowest BCUT2D eigenvalue weighted by Gasteiger charge is -2.12. The van der Waals surface area contributed by atoms with Crippen LogP contribution in [-0.4, -0.2) is 19.2 Å². The normalized spacial score (nSPS) is 26.1. The van der Waals surface area contributed by atoms with E-state index in [-0.39, 0.29) is 23.9 Å². The summed E-state index contributed by atoms with van der Waals surface area (Å²) in [7, 11) is 1.43. The molecule has 1 saturated carbocycles. The number of hydrogen-bond donors (Lipinski definition) is 0. The van der Waals surface area contributed by atoms with E-state index in [1.165, 1.54) is 7.11 Å². The van der Waals surface area contributed by atoms with Crippen molar-refractivity contribution in [3.63, 3.8) is 0 Å². The van der Waals surface area contributed by atoms with E-state index >= 15 is 0 Å². The summed E-state index contributed by atoms with van der Waals surface area (Å²) < 4.78 is 10.7. The van der Waals surface area contributed by atoms with Crippen molar-refractivity contribution >= 4 is 5.97 Å². The van der Waals surface area contributed by atoms with Crippen LogP contribution in [0.5, 0.6) is 0 Å². The molecule has 19 heavy (non-hydrogen) atoms. The Labute approximate surface area is 114 Å². The monoisotopic (exact) mass is 260 g/mol. The van der Waals surface area contributed by atoms with Gasteiger partial charge in [0.25, 0.3) is 0 Å². The summed E-state index contributed by atoms with van der Waals surface area (Å²) >= 11 is 0. The van der Waals surface area contributed by atoms with Crippen LogP contribution in [-0.2, 0) is 20.9 Å². The summed E-state index contributed by atoms with van der Waals surface area (Å²) in [6, 6.07) is 10.1. The van der Waals surface area contributed by atoms with Crippen molar-refractivity contribution in [2.24, 2.45) is 11.8 Å². The third-order valence-corrected chi connectivity index (χ3v) is 3.70. The Morgan fingerprint density at radius 3 is 2.74 bits per heavy atom. The molecule has 3 atom stereocenters. The first-order valence-corrected chi connectivity index (χ1v) is 6.60. The van der Waals surface area contributed by atoms with Gasteiger partial charge in [0, 0.05) is 0 Å². The summed E-state index contributed by atoms with van der Waals surface area (Å²) in [5.74, 6) is -0.104. The smallest absolute Gasteiger partial charge is 0.309 e. The number of carbonyl (C=O) groups is 1. The van der Waals surface area contributed by atoms with Crippen molar-refractivity contribution in [3.05, 3.63) is 48.6 Å². The molecule has 0 bridgehead atoms. The third kappa shape index (κ3) is 3.44. The number of ether oxygens (including phenoxy) is 2. The van der Waals surface area contributed by atoms with Crippen LogP contribution in [0.4, 0.5) is 0 Å². The number of benzene rings is 1. The second-order valence-corrected chi connectivity index (χ2v) is 4.92. The van der Waals surface area contributed by atoms with E-state index in [4.69, 9.17) is 9.47 Å². The molecule has 0 aromatic heterocycles. The van der Waals surface area contributed by atoms with Crippen LogP contribution in [0.2, 0.25) is 0 Å². The Bertz CT molecular complexity index is 427. The zero-order valence-electron chi connectivity index (χ0n) is 11.2. The number of hydrogen-bond acceptors (Lipinski definition) is 3. The van der Waals surface area contributed by atoms with Gasteiger partial charge < -0.3 is 9.47 Å². The molecule has 0 aliphatic heterocycles. The largest absolute Gasteiger partial charge is 0.469 e. The molecule has 1 aliphatic carbocycles. The minimum absolute atomic E-state index is 0.104. The second kappa shape index (κ2) is 6.53. The number of methoxy groups -OCH3 is 1. The van der Waals surface area contributed by atoms with Gasteiger partial charge in [0.2, 0.25) is 0 Å². The minimum Gasteiger partial charge on any atom is -0.469 e. The van der Waals surface area contributed by atoms with E-state index in [0.29, 0.717) is 6.61 Å². The highest BCUT2D eigenvalue weighted by molar-refractivity contribution is 5.73. The van der Waals surface area contributed by atoms with E-state index in [9.17, 15) is 4.79 Å². The van der Waals surface area contributed by atoms with Gasteiger partial charge >= 0.3 is 5.97 Å². The lowest BCUT2D eigenvalue weighted by molar-refractivity contribution is -0.146. The van der Waals surface area contributed by atoms with Crippen LogP contribution in [0.1, 0.15) is 18.4 Å². The van der Waals surface area contributed by atoms with Crippen molar-refractivity contribution in [2.75, 3.05) is 7.11 Å². The van der Waals surface area contributed by atoms with Crippen molar-refractivity contribution in [1.82, 2.24) is 0 Å². The topological polar surface area (TPSA) is 35.5 Å². The Morgan fingerprint density at radius 1 is 1.37 bits per heavy atom. The Hall–Kier alpha value is -1.61. The van der Waals surface area contributed by atoms with Crippen LogP contribution >= 0.6 is 0 Å². The molecule has 1 aromatic carbocycles. The van der Waals surface area contributed by atoms with E-state index in [1.807, 2.05) is 36.4 Å². The number of esters is 1. The number of allylic oxidation sites excluding steroid dienone is 1. The Morgan fingerprint density at radius 2 is 2.11 bits per heavy atom. The molecule has 2 rings (SSSR count). The average Bonchev–Trinajstić information content (AvgIpc) is 2.88. The first kappa shape index (κ1) is 13.8. The summed E-state index contributed by atoms with van der Waals surface area (Å²) in [4.78, 5) is 11.7. The predicted octanol–water partition coefficient (Wildman–Crippen LogP) is 2.96. The molecule has 0 heterocycles. The molecular formula is C16H20O3. The van der Waals surface area contributed by atoms with E-state index in [0.717, 1.165) is 18.4 Å². The SMILES string of the molecule is C=C[C@H]1C[C@H](OCc2ccccc2)C[C@H]1C(=O)OC. The molecule has 3 nitrogen and oxygen atoms in total. The maximum atomic E-state index is 11.7. The maximum absolute atomic E-state index is 11.7. The Kier molecular flexibility index (Phi) is 4.74. The Balaban J connectivity index is 1.89. The van der Waals surface area contributed by atoms with Crippen molar-refractivity contribution in [1.29, 1.82) is 0 Å². The molecular weight excluding hydrogens is 240 g/mol. The van der Waals surface area contributed by atoms with Crippen LogP contribution in [0.15, 0.2) is 43.0 Å². The van der Waals surface area contributed by atoms with Gasteiger partial charge in [-0.2, -0.15) is 0 Å². The summed E-state index contributed by atoms with van der Waals surface area (Å²) in [6.07, 6.45) is 3.51. The lowest BCUT2D eigenvalue weighted by atomic mass is 9.97. The second-order valence-electron chi connectivity index (χ2n) is 4.92. The first-order valence-electron chi connectivity index (χ1n) is 6.60. The van der Waals surface area contributed by atoms with E-state index in [2.05, 4.69) is 6.58 Å². The molecule has 0 radical (unpaired) electrons. The molecule has 3 heteroatoms. The van der Waals surface area contributed by atoms with E-state index < -0.39 is 0 Å². The lowest BCUT2D eigenvalue weighted by Crippen LogP contribution is -2.19. The van der Waals surface area contributed by atoms with Crippen LogP contribution < -0.4 is 0 Å². The van der Waals surface area contributed by atoms with Gasteiger partial charge in [-0.1, -0.05) is 36.4 Å². The summed E-state index contributed by atoms with van der Waals surface area (Å²) in [5.41, 5.74) is 1.15. The fourth-order valence-corrected chi connectivity index (χ4v) is 2.63. The van der Waals surface area contributed by atoms with Gasteiger partial charge in [0.1, 0.15) is 0 Å². The van der Waals surface area contributed by atoms with Gasteiger partial charge in [-0.3, -0.25) is 4.79 Å². The molecule has 1 fully saturated rings. The predicted molar refractivity (Wildman–Crippen MR) is 73.4 cm³/mol. The quantitative estimate of drug-likeness (QED) is 0.603. The highest BCUT2D eigenvalue weighted by Crippen LogP contribution is 2.35. The fourth-order valence-electron chi connectivity index (χ4n) is 2.63. The molecule has 0 amide bonds. The van der Waals surface area contributed by atoms with Gasteiger partial charge in [-0.25, -0.2) is 0 Å². The van der Waals surface area contributed by atoms with Gasteiger partial charge in [0.15, 0.2) is 0 Å². The molecule has 102 valence electrons. The van der Waals surface area contributed by atoms with Crippen LogP contribution in [0.25, 0.3) is 0 Å². The zero-order valence-corrected chi connectivity index (χ0v) is 11.2. The average molecular weight is 260 g/mol. The number of carbonyl (C=O) groups excluding carboxylic acids is 1. The highest BCUT2D eigenvalue weighted by atomic mass is 16.5. The molecule has 1 aromatic rings. The minimum atomic E-state index is -0.157. The molecule has 0 unspecified atom stereocenters.